The minimum atomic E-state index is -1.57. The van der Waals surface area contributed by atoms with Crippen LogP contribution in [-0.4, -0.2) is 117 Å². The average molecular weight is 645 g/mol. The van der Waals surface area contributed by atoms with Crippen LogP contribution in [0.15, 0.2) is 25.3 Å². The Hall–Kier alpha value is -3.61. The van der Waals surface area contributed by atoms with Gasteiger partial charge in [0.25, 0.3) is 0 Å². The van der Waals surface area contributed by atoms with E-state index in [4.69, 9.17) is 53.1 Å². The number of hydrogen-bond acceptors (Lipinski definition) is 15. The Kier molecular flexibility index (Phi) is 12.4. The van der Waals surface area contributed by atoms with E-state index < -0.39 is 104 Å². The van der Waals surface area contributed by atoms with Gasteiger partial charge in [0, 0.05) is 20.8 Å². The summed E-state index contributed by atoms with van der Waals surface area (Å²) in [6.07, 6.45) is -9.97. The summed E-state index contributed by atoms with van der Waals surface area (Å²) in [5.41, 5.74) is 5.60. The van der Waals surface area contributed by atoms with Gasteiger partial charge in [-0.15, -0.1) is 6.58 Å². The molecular weight excluding hydrogens is 604 g/mol. The number of ether oxygens (including phenoxy) is 10. The fourth-order valence-electron chi connectivity index (χ4n) is 5.07. The van der Waals surface area contributed by atoms with Crippen LogP contribution in [0, 0.1) is 0 Å². The normalized spacial score (nSPS) is 33.5. The summed E-state index contributed by atoms with van der Waals surface area (Å²) in [6, 6.07) is -1.42. The van der Waals surface area contributed by atoms with Crippen LogP contribution < -0.4 is 11.1 Å². The Bertz CT molecular complexity index is 1130. The molecule has 3 heterocycles. The molecule has 10 atom stereocenters. The first-order valence-corrected chi connectivity index (χ1v) is 14.0. The average Bonchev–Trinajstić information content (AvgIpc) is 3.27. The van der Waals surface area contributed by atoms with Crippen molar-refractivity contribution in [2.24, 2.45) is 5.73 Å². The molecule has 0 saturated carbocycles. The van der Waals surface area contributed by atoms with Gasteiger partial charge in [-0.2, -0.15) is 0 Å². The van der Waals surface area contributed by atoms with E-state index in [0.29, 0.717) is 0 Å². The Labute approximate surface area is 259 Å². The second kappa shape index (κ2) is 15.6. The predicted molar refractivity (Wildman–Crippen MR) is 148 cm³/mol. The van der Waals surface area contributed by atoms with Crippen molar-refractivity contribution in [3.05, 3.63) is 25.3 Å². The second-order valence-corrected chi connectivity index (χ2v) is 10.7. The summed E-state index contributed by atoms with van der Waals surface area (Å²) in [4.78, 5) is 61.3. The molecule has 0 spiro atoms. The highest BCUT2D eigenvalue weighted by molar-refractivity contribution is 5.80. The largest absolute Gasteiger partial charge is 0.463 e. The number of hydrogen-bond donors (Lipinski definition) is 2. The van der Waals surface area contributed by atoms with E-state index in [1.54, 1.807) is 13.8 Å². The molecule has 0 aromatic rings. The molecule has 3 rings (SSSR count). The molecule has 17 nitrogen and oxygen atoms in total. The lowest BCUT2D eigenvalue weighted by Crippen LogP contribution is -2.69. The molecule has 3 saturated heterocycles. The monoisotopic (exact) mass is 644 g/mol. The minimum absolute atomic E-state index is 0.0571. The smallest absolute Gasteiger partial charge is 0.407 e. The molecule has 0 bridgehead atoms. The molecule has 3 fully saturated rings. The summed E-state index contributed by atoms with van der Waals surface area (Å²) in [5, 5.41) is 2.52. The number of esters is 3. The van der Waals surface area contributed by atoms with Crippen LogP contribution in [0.4, 0.5) is 4.79 Å². The van der Waals surface area contributed by atoms with E-state index in [2.05, 4.69) is 18.5 Å². The van der Waals surface area contributed by atoms with E-state index in [0.717, 1.165) is 20.8 Å². The fourth-order valence-corrected chi connectivity index (χ4v) is 5.07. The van der Waals surface area contributed by atoms with Gasteiger partial charge in [0.15, 0.2) is 36.7 Å². The lowest BCUT2D eigenvalue weighted by molar-refractivity contribution is -0.340. The van der Waals surface area contributed by atoms with Gasteiger partial charge in [-0.1, -0.05) is 18.7 Å². The van der Waals surface area contributed by atoms with Crippen LogP contribution in [0.25, 0.3) is 0 Å². The van der Waals surface area contributed by atoms with Crippen molar-refractivity contribution in [2.75, 3.05) is 19.8 Å². The van der Waals surface area contributed by atoms with Crippen molar-refractivity contribution < 1.29 is 71.3 Å². The SMILES string of the molecule is C=CCOC(=O)N[C@H]1[C@H](O[C@H]2[C@@H](OCC=C)O[C@H](C(N)=O)[C@@H]3OC(C)(C)O[C@@H]32)O[C@H](COC(C)=O)[C@@H](OC(C)=O)[C@@H]1OC(C)=O. The van der Waals surface area contributed by atoms with Crippen molar-refractivity contribution in [1.29, 1.82) is 0 Å². The van der Waals surface area contributed by atoms with E-state index in [-0.39, 0.29) is 13.2 Å². The van der Waals surface area contributed by atoms with E-state index in [1.807, 2.05) is 0 Å². The molecule has 252 valence electrons. The molecule has 45 heavy (non-hydrogen) atoms. The summed E-state index contributed by atoms with van der Waals surface area (Å²) < 4.78 is 57.4. The van der Waals surface area contributed by atoms with Crippen molar-refractivity contribution in [1.82, 2.24) is 5.32 Å². The van der Waals surface area contributed by atoms with Crippen LogP contribution >= 0.6 is 0 Å². The number of amides is 2. The molecular formula is C28H40N2O15. The molecule has 0 radical (unpaired) electrons. The van der Waals surface area contributed by atoms with E-state index >= 15 is 0 Å². The molecule has 0 aromatic carbocycles. The van der Waals surface area contributed by atoms with Gasteiger partial charge in [0.2, 0.25) is 5.91 Å². The Morgan fingerprint density at radius 3 is 2.02 bits per heavy atom. The van der Waals surface area contributed by atoms with Crippen molar-refractivity contribution in [2.45, 2.75) is 102 Å². The zero-order valence-electron chi connectivity index (χ0n) is 25.7. The molecule has 3 N–H and O–H groups in total. The van der Waals surface area contributed by atoms with Crippen LogP contribution in [0.2, 0.25) is 0 Å². The molecule has 3 aliphatic heterocycles. The maximum absolute atomic E-state index is 12.8. The minimum Gasteiger partial charge on any atom is -0.463 e. The zero-order chi connectivity index (χ0) is 33.5. The maximum Gasteiger partial charge on any atom is 0.407 e. The molecule has 2 amide bonds. The fraction of sp³-hybridized carbons (Fsp3) is 0.679. The number of rotatable bonds is 13. The van der Waals surface area contributed by atoms with Crippen LogP contribution in [0.5, 0.6) is 0 Å². The molecule has 3 aliphatic rings. The van der Waals surface area contributed by atoms with Crippen LogP contribution in [-0.2, 0) is 66.5 Å². The molecule has 0 unspecified atom stereocenters. The highest BCUT2D eigenvalue weighted by atomic mass is 16.8. The zero-order valence-corrected chi connectivity index (χ0v) is 25.7. The maximum atomic E-state index is 12.8. The topological polar surface area (TPSA) is 216 Å². The Balaban J connectivity index is 2.08. The van der Waals surface area contributed by atoms with E-state index in [9.17, 15) is 24.0 Å². The Morgan fingerprint density at radius 1 is 0.822 bits per heavy atom. The first-order chi connectivity index (χ1) is 21.2. The Morgan fingerprint density at radius 2 is 1.44 bits per heavy atom. The highest BCUT2D eigenvalue weighted by Crippen LogP contribution is 2.40. The summed E-state index contributed by atoms with van der Waals surface area (Å²) in [5.74, 6) is -4.37. The van der Waals surface area contributed by atoms with Gasteiger partial charge in [-0.05, 0) is 13.8 Å². The second-order valence-electron chi connectivity index (χ2n) is 10.7. The van der Waals surface area contributed by atoms with Crippen LogP contribution in [0.1, 0.15) is 34.6 Å². The quantitative estimate of drug-likeness (QED) is 0.150. The van der Waals surface area contributed by atoms with Crippen molar-refractivity contribution >= 4 is 29.9 Å². The highest BCUT2D eigenvalue weighted by Gasteiger charge is 2.60. The van der Waals surface area contributed by atoms with Gasteiger partial charge < -0.3 is 58.4 Å². The molecule has 0 aliphatic carbocycles. The number of primary amides is 1. The number of carbonyl (C=O) groups excluding carboxylic acids is 5. The first-order valence-electron chi connectivity index (χ1n) is 14.0. The lowest BCUT2D eigenvalue weighted by Gasteiger charge is -2.47. The third-order valence-electron chi connectivity index (χ3n) is 6.60. The van der Waals surface area contributed by atoms with Crippen molar-refractivity contribution in [3.8, 4) is 0 Å². The van der Waals surface area contributed by atoms with E-state index in [1.165, 1.54) is 12.2 Å². The molecule has 17 heteroatoms. The van der Waals surface area contributed by atoms with Gasteiger partial charge in [0.1, 0.15) is 43.7 Å². The third kappa shape index (κ3) is 9.44. The number of nitrogens with one attached hydrogen (secondary N) is 1. The molecule has 0 aromatic heterocycles. The lowest BCUT2D eigenvalue weighted by atomic mass is 9.95. The van der Waals surface area contributed by atoms with Crippen LogP contribution in [0.3, 0.4) is 0 Å². The van der Waals surface area contributed by atoms with Gasteiger partial charge in [0.05, 0.1) is 6.61 Å². The van der Waals surface area contributed by atoms with Gasteiger partial charge in [-0.3, -0.25) is 19.2 Å². The standard InChI is InChI=1S/C28H40N2O15/c1-8-10-36-26-23(21-20(22(42-26)24(29)34)44-28(6,7)45-21)43-25-17(30-27(35)37-11-9-2)19(40-15(5)33)18(39-14(4)32)16(41-25)12-38-13(3)31/h8-9,16-23,25-26H,1-2,10-12H2,3-7H3,(H2,29,34)(H,30,35)/t16-,17-,18-,19-,20-,21+,22+,23-,25+,26+/m1/s1. The number of carbonyl (C=O) groups is 5. The third-order valence-corrected chi connectivity index (χ3v) is 6.60. The summed E-state index contributed by atoms with van der Waals surface area (Å²) >= 11 is 0. The predicted octanol–water partition coefficient (Wildman–Crippen LogP) is -0.263. The number of fused-ring (bicyclic) bond motifs is 1. The first kappa shape index (κ1) is 35.9. The van der Waals surface area contributed by atoms with Crippen molar-refractivity contribution in [3.63, 3.8) is 0 Å². The van der Waals surface area contributed by atoms with Gasteiger partial charge >= 0.3 is 24.0 Å². The van der Waals surface area contributed by atoms with Gasteiger partial charge in [-0.25, -0.2) is 4.79 Å². The number of alkyl carbamates (subject to hydrolysis) is 1. The summed E-state index contributed by atoms with van der Waals surface area (Å²) in [6.45, 7) is 13.0. The summed E-state index contributed by atoms with van der Waals surface area (Å²) in [7, 11) is 0. The number of nitrogens with two attached hydrogens (primary N) is 1.